The van der Waals surface area contributed by atoms with E-state index in [1.165, 1.54) is 12.1 Å². The summed E-state index contributed by atoms with van der Waals surface area (Å²) in [5.74, 6) is -0.235. The number of rotatable bonds is 2. The van der Waals surface area contributed by atoms with Crippen molar-refractivity contribution in [1.29, 1.82) is 0 Å². The van der Waals surface area contributed by atoms with Crippen molar-refractivity contribution >= 4 is 22.1 Å². The summed E-state index contributed by atoms with van der Waals surface area (Å²) in [6.45, 7) is 4.05. The smallest absolute Gasteiger partial charge is 0.227 e. The van der Waals surface area contributed by atoms with Crippen molar-refractivity contribution in [3.05, 3.63) is 83.9 Å². The average molecular weight is 383 g/mol. The van der Waals surface area contributed by atoms with E-state index in [-0.39, 0.29) is 5.82 Å². The van der Waals surface area contributed by atoms with Gasteiger partial charge in [-0.3, -0.25) is 0 Å². The van der Waals surface area contributed by atoms with Crippen LogP contribution in [0.1, 0.15) is 11.3 Å². The molecular formula is C25H20FN2O+. The molecule has 0 radical (unpaired) electrons. The molecule has 0 bridgehead atoms. The minimum Gasteiger partial charge on any atom is -0.437 e. The number of furan rings is 1. The molecule has 0 N–H and O–H groups in total. The molecule has 3 heterocycles. The third kappa shape index (κ3) is 2.88. The Kier molecular flexibility index (Phi) is 3.95. The van der Waals surface area contributed by atoms with Crippen molar-refractivity contribution in [3.63, 3.8) is 0 Å². The van der Waals surface area contributed by atoms with Crippen molar-refractivity contribution < 1.29 is 13.4 Å². The van der Waals surface area contributed by atoms with Gasteiger partial charge in [0.15, 0.2) is 11.8 Å². The van der Waals surface area contributed by atoms with Crippen LogP contribution in [-0.2, 0) is 7.05 Å². The molecule has 0 aliphatic carbocycles. The summed E-state index contributed by atoms with van der Waals surface area (Å²) in [6.07, 6.45) is 2.03. The number of fused-ring (bicyclic) bond motifs is 3. The number of hydrogen-bond acceptors (Lipinski definition) is 2. The van der Waals surface area contributed by atoms with Crippen molar-refractivity contribution in [2.75, 3.05) is 0 Å². The van der Waals surface area contributed by atoms with E-state index < -0.39 is 0 Å². The van der Waals surface area contributed by atoms with Gasteiger partial charge in [-0.2, -0.15) is 0 Å². The fourth-order valence-corrected chi connectivity index (χ4v) is 3.87. The third-order valence-electron chi connectivity index (χ3n) is 5.44. The van der Waals surface area contributed by atoms with Crippen LogP contribution in [0.15, 0.2) is 71.3 Å². The number of nitrogens with zero attached hydrogens (tertiary/aromatic N) is 2. The van der Waals surface area contributed by atoms with Crippen molar-refractivity contribution in [2.24, 2.45) is 7.05 Å². The maximum Gasteiger partial charge on any atom is 0.227 e. The summed E-state index contributed by atoms with van der Waals surface area (Å²) < 4.78 is 21.7. The van der Waals surface area contributed by atoms with Gasteiger partial charge in [0.2, 0.25) is 11.4 Å². The Balaban J connectivity index is 1.79. The first kappa shape index (κ1) is 17.6. The second-order valence-electron chi connectivity index (χ2n) is 7.46. The highest BCUT2D eigenvalue weighted by molar-refractivity contribution is 6.08. The summed E-state index contributed by atoms with van der Waals surface area (Å²) in [6, 6.07) is 19.0. The molecule has 29 heavy (non-hydrogen) atoms. The fourth-order valence-electron chi connectivity index (χ4n) is 3.87. The molecule has 0 aliphatic heterocycles. The van der Waals surface area contributed by atoms with E-state index >= 15 is 0 Å². The van der Waals surface area contributed by atoms with Gasteiger partial charge >= 0.3 is 0 Å². The van der Waals surface area contributed by atoms with Crippen LogP contribution in [0.4, 0.5) is 4.39 Å². The number of hydrogen-bond donors (Lipinski definition) is 0. The molecule has 0 spiro atoms. The minimum absolute atomic E-state index is 0.235. The van der Waals surface area contributed by atoms with Gasteiger partial charge in [-0.15, -0.1) is 0 Å². The monoisotopic (exact) mass is 383 g/mol. The van der Waals surface area contributed by atoms with E-state index in [1.54, 1.807) is 12.1 Å². The van der Waals surface area contributed by atoms with E-state index in [0.29, 0.717) is 5.71 Å². The molecule has 0 atom stereocenters. The zero-order chi connectivity index (χ0) is 20.1. The van der Waals surface area contributed by atoms with Gasteiger partial charge in [-0.1, -0.05) is 24.3 Å². The molecular weight excluding hydrogens is 363 g/mol. The number of benzene rings is 2. The summed E-state index contributed by atoms with van der Waals surface area (Å²) in [5.41, 5.74) is 7.63. The lowest BCUT2D eigenvalue weighted by Crippen LogP contribution is -2.30. The molecule has 5 rings (SSSR count). The maximum atomic E-state index is 13.3. The summed E-state index contributed by atoms with van der Waals surface area (Å²) in [4.78, 5) is 4.56. The lowest BCUT2D eigenvalue weighted by molar-refractivity contribution is -0.660. The van der Waals surface area contributed by atoms with Crippen molar-refractivity contribution in [3.8, 4) is 22.4 Å². The molecule has 142 valence electrons. The van der Waals surface area contributed by atoms with Gasteiger partial charge < -0.3 is 4.42 Å². The highest BCUT2D eigenvalue weighted by atomic mass is 19.1. The molecule has 4 heteroatoms. The Morgan fingerprint density at radius 1 is 0.862 bits per heavy atom. The topological polar surface area (TPSA) is 29.9 Å². The zero-order valence-electron chi connectivity index (χ0n) is 16.5. The van der Waals surface area contributed by atoms with Gasteiger partial charge in [0.05, 0.1) is 5.56 Å². The normalized spacial score (nSPS) is 11.4. The average Bonchev–Trinajstić information content (AvgIpc) is 3.07. The summed E-state index contributed by atoms with van der Waals surface area (Å²) in [7, 11) is 2.02. The Hall–Kier alpha value is -3.53. The van der Waals surface area contributed by atoms with Crippen LogP contribution in [0, 0.1) is 19.7 Å². The molecule has 0 amide bonds. The Labute approximate surface area is 168 Å². The molecule has 0 fully saturated rings. The van der Waals surface area contributed by atoms with Crippen LogP contribution < -0.4 is 4.57 Å². The first-order chi connectivity index (χ1) is 14.0. The number of aryl methyl sites for hydroxylation is 3. The molecule has 0 unspecified atom stereocenters. The summed E-state index contributed by atoms with van der Waals surface area (Å²) in [5, 5.41) is 2.07. The van der Waals surface area contributed by atoms with Gasteiger partial charge in [0.1, 0.15) is 12.9 Å². The lowest BCUT2D eigenvalue weighted by atomic mass is 9.98. The predicted molar refractivity (Wildman–Crippen MR) is 113 cm³/mol. The van der Waals surface area contributed by atoms with Crippen LogP contribution in [0.5, 0.6) is 0 Å². The first-order valence-corrected chi connectivity index (χ1v) is 9.57. The molecule has 5 aromatic rings. The van der Waals surface area contributed by atoms with E-state index in [2.05, 4.69) is 40.7 Å². The van der Waals surface area contributed by atoms with Gasteiger partial charge in [0, 0.05) is 28.6 Å². The third-order valence-corrected chi connectivity index (χ3v) is 5.44. The lowest BCUT2D eigenvalue weighted by Gasteiger charge is -2.08. The molecule has 2 aromatic carbocycles. The van der Waals surface area contributed by atoms with Crippen molar-refractivity contribution in [2.45, 2.75) is 13.8 Å². The number of pyridine rings is 2. The Bertz CT molecular complexity index is 1380. The van der Waals surface area contributed by atoms with Crippen LogP contribution in [0.3, 0.4) is 0 Å². The highest BCUT2D eigenvalue weighted by Crippen LogP contribution is 2.37. The molecule has 3 nitrogen and oxygen atoms in total. The zero-order valence-corrected chi connectivity index (χ0v) is 16.5. The number of halogens is 1. The second kappa shape index (κ2) is 6.52. The van der Waals surface area contributed by atoms with Crippen LogP contribution >= 0.6 is 0 Å². The molecule has 0 saturated carbocycles. The van der Waals surface area contributed by atoms with E-state index in [0.717, 1.165) is 50.0 Å². The second-order valence-corrected chi connectivity index (χ2v) is 7.46. The van der Waals surface area contributed by atoms with Gasteiger partial charge in [-0.25, -0.2) is 13.9 Å². The van der Waals surface area contributed by atoms with Crippen molar-refractivity contribution in [1.82, 2.24) is 4.98 Å². The maximum absolute atomic E-state index is 13.3. The molecule has 0 saturated heterocycles. The molecule has 3 aromatic heterocycles. The summed E-state index contributed by atoms with van der Waals surface area (Å²) >= 11 is 0. The van der Waals surface area contributed by atoms with Crippen LogP contribution in [0.2, 0.25) is 0 Å². The Morgan fingerprint density at radius 2 is 1.62 bits per heavy atom. The van der Waals surface area contributed by atoms with Crippen LogP contribution in [-0.4, -0.2) is 4.98 Å². The molecule has 0 aliphatic rings. The minimum atomic E-state index is -0.235. The predicted octanol–water partition coefficient (Wildman–Crippen LogP) is 5.90. The standard InChI is InChI=1S/C25H20FN2O/c1-15-4-10-20-21-11-5-16(2)27-25(21)29-24(20)23(15)22-14-18(12-13-28(22)3)17-6-8-19(26)9-7-17/h4-14H,1-3H3/q+1. The van der Waals surface area contributed by atoms with Gasteiger partial charge in [0.25, 0.3) is 0 Å². The van der Waals surface area contributed by atoms with E-state index in [9.17, 15) is 4.39 Å². The highest BCUT2D eigenvalue weighted by Gasteiger charge is 2.21. The Morgan fingerprint density at radius 3 is 2.41 bits per heavy atom. The van der Waals surface area contributed by atoms with E-state index in [4.69, 9.17) is 4.42 Å². The fraction of sp³-hybridized carbons (Fsp3) is 0.120. The SMILES string of the molecule is Cc1ccc2c(n1)oc1c(-c3cc(-c4ccc(F)cc4)cc[n+]3C)c(C)ccc12. The quantitative estimate of drug-likeness (QED) is 0.356. The number of aromatic nitrogens is 2. The van der Waals surface area contributed by atoms with E-state index in [1.807, 2.05) is 32.3 Å². The first-order valence-electron chi connectivity index (χ1n) is 9.57. The van der Waals surface area contributed by atoms with Gasteiger partial charge in [-0.05, 0) is 54.8 Å². The largest absolute Gasteiger partial charge is 0.437 e. The van der Waals surface area contributed by atoms with Crippen LogP contribution in [0.25, 0.3) is 44.5 Å².